The number of ether oxygens (including phenoxy) is 1. The van der Waals surface area contributed by atoms with Crippen molar-refractivity contribution >= 4 is 5.82 Å². The van der Waals surface area contributed by atoms with Gasteiger partial charge in [-0.2, -0.15) is 5.10 Å². The molecule has 0 bridgehead atoms. The minimum atomic E-state index is 0.504. The van der Waals surface area contributed by atoms with Crippen LogP contribution < -0.4 is 10.5 Å². The summed E-state index contributed by atoms with van der Waals surface area (Å²) in [5.41, 5.74) is 7.55. The first-order valence-electron chi connectivity index (χ1n) is 5.85. The second kappa shape index (κ2) is 4.13. The summed E-state index contributed by atoms with van der Waals surface area (Å²) in [6.07, 6.45) is 2.60. The van der Waals surface area contributed by atoms with Crippen LogP contribution in [0.1, 0.15) is 12.8 Å². The Morgan fingerprint density at radius 1 is 1.35 bits per heavy atom. The average molecular weight is 229 g/mol. The molecule has 1 fully saturated rings. The minimum Gasteiger partial charge on any atom is -0.493 e. The molecule has 1 aliphatic carbocycles. The second-order valence-corrected chi connectivity index (χ2v) is 4.49. The van der Waals surface area contributed by atoms with Gasteiger partial charge in [-0.3, -0.25) is 5.10 Å². The molecular formula is C13H15N3O. The molecular weight excluding hydrogens is 214 g/mol. The van der Waals surface area contributed by atoms with E-state index in [4.69, 9.17) is 10.5 Å². The Morgan fingerprint density at radius 2 is 2.24 bits per heavy atom. The third-order valence-electron chi connectivity index (χ3n) is 2.93. The lowest BCUT2D eigenvalue weighted by Gasteiger charge is -2.06. The number of hydrogen-bond acceptors (Lipinski definition) is 3. The Morgan fingerprint density at radius 3 is 2.94 bits per heavy atom. The molecule has 4 nitrogen and oxygen atoms in total. The van der Waals surface area contributed by atoms with Crippen LogP contribution in [0.25, 0.3) is 11.3 Å². The summed E-state index contributed by atoms with van der Waals surface area (Å²) in [5, 5.41) is 6.81. The average Bonchev–Trinajstić information content (AvgIpc) is 3.08. The van der Waals surface area contributed by atoms with Crippen molar-refractivity contribution < 1.29 is 4.74 Å². The number of benzene rings is 1. The van der Waals surface area contributed by atoms with Gasteiger partial charge in [-0.15, -0.1) is 0 Å². The molecule has 0 radical (unpaired) electrons. The topological polar surface area (TPSA) is 63.9 Å². The Hall–Kier alpha value is -1.97. The fraction of sp³-hybridized carbons (Fsp3) is 0.308. The normalized spacial score (nSPS) is 14.8. The first kappa shape index (κ1) is 10.2. The van der Waals surface area contributed by atoms with Gasteiger partial charge in [0.25, 0.3) is 0 Å². The lowest BCUT2D eigenvalue weighted by atomic mass is 10.1. The Bertz CT molecular complexity index is 517. The molecule has 0 aliphatic heterocycles. The molecule has 1 heterocycles. The predicted molar refractivity (Wildman–Crippen MR) is 66.7 cm³/mol. The van der Waals surface area contributed by atoms with E-state index in [1.165, 1.54) is 12.8 Å². The van der Waals surface area contributed by atoms with Crippen molar-refractivity contribution in [3.63, 3.8) is 0 Å². The number of hydrogen-bond donors (Lipinski definition) is 2. The van der Waals surface area contributed by atoms with Gasteiger partial charge in [-0.05, 0) is 30.9 Å². The van der Waals surface area contributed by atoms with Crippen molar-refractivity contribution in [1.29, 1.82) is 0 Å². The summed E-state index contributed by atoms with van der Waals surface area (Å²) in [4.78, 5) is 0. The summed E-state index contributed by atoms with van der Waals surface area (Å²) >= 11 is 0. The number of nitrogens with two attached hydrogens (primary N) is 1. The first-order chi connectivity index (χ1) is 8.31. The highest BCUT2D eigenvalue weighted by Gasteiger charge is 2.21. The van der Waals surface area contributed by atoms with Crippen molar-refractivity contribution in [2.75, 3.05) is 12.3 Å². The van der Waals surface area contributed by atoms with E-state index >= 15 is 0 Å². The molecule has 1 aliphatic rings. The van der Waals surface area contributed by atoms with Crippen molar-refractivity contribution in [3.8, 4) is 17.0 Å². The van der Waals surface area contributed by atoms with E-state index in [9.17, 15) is 0 Å². The monoisotopic (exact) mass is 229 g/mol. The number of aromatic amines is 1. The highest BCUT2D eigenvalue weighted by molar-refractivity contribution is 5.63. The highest BCUT2D eigenvalue weighted by atomic mass is 16.5. The number of anilines is 1. The van der Waals surface area contributed by atoms with Crippen molar-refractivity contribution in [3.05, 3.63) is 30.3 Å². The molecule has 0 spiro atoms. The lowest BCUT2D eigenvalue weighted by molar-refractivity contribution is 0.300. The lowest BCUT2D eigenvalue weighted by Crippen LogP contribution is -1.98. The molecule has 1 saturated carbocycles. The van der Waals surface area contributed by atoms with Crippen molar-refractivity contribution in [2.24, 2.45) is 5.92 Å². The van der Waals surface area contributed by atoms with E-state index in [0.29, 0.717) is 5.82 Å². The van der Waals surface area contributed by atoms with Gasteiger partial charge in [0, 0.05) is 11.6 Å². The van der Waals surface area contributed by atoms with Crippen LogP contribution in [0.2, 0.25) is 0 Å². The van der Waals surface area contributed by atoms with E-state index in [1.54, 1.807) is 0 Å². The quantitative estimate of drug-likeness (QED) is 0.846. The van der Waals surface area contributed by atoms with Crippen LogP contribution in [-0.4, -0.2) is 16.8 Å². The zero-order chi connectivity index (χ0) is 11.7. The van der Waals surface area contributed by atoms with Crippen LogP contribution in [0.5, 0.6) is 5.75 Å². The van der Waals surface area contributed by atoms with Gasteiger partial charge in [0.05, 0.1) is 12.3 Å². The molecule has 4 heteroatoms. The smallest absolute Gasteiger partial charge is 0.145 e. The van der Waals surface area contributed by atoms with Crippen LogP contribution >= 0.6 is 0 Å². The van der Waals surface area contributed by atoms with E-state index < -0.39 is 0 Å². The molecule has 0 atom stereocenters. The van der Waals surface area contributed by atoms with E-state index in [-0.39, 0.29) is 0 Å². The number of aromatic nitrogens is 2. The summed E-state index contributed by atoms with van der Waals surface area (Å²) in [7, 11) is 0. The molecule has 88 valence electrons. The summed E-state index contributed by atoms with van der Waals surface area (Å²) in [5.74, 6) is 2.17. The molecule has 1 aromatic heterocycles. The standard InChI is InChI=1S/C13H15N3O/c14-13-7-12(15-16-13)10-2-1-3-11(6-10)17-8-9-4-5-9/h1-3,6-7,9H,4-5,8H2,(H3,14,15,16). The van der Waals surface area contributed by atoms with Crippen LogP contribution in [-0.2, 0) is 0 Å². The molecule has 3 N–H and O–H groups in total. The van der Waals surface area contributed by atoms with Gasteiger partial charge in [0.15, 0.2) is 0 Å². The predicted octanol–water partition coefficient (Wildman–Crippen LogP) is 2.45. The Labute approximate surface area is 99.8 Å². The molecule has 0 saturated heterocycles. The minimum absolute atomic E-state index is 0.504. The van der Waals surface area contributed by atoms with Gasteiger partial charge in [0.2, 0.25) is 0 Å². The maximum atomic E-state index is 5.73. The van der Waals surface area contributed by atoms with Crippen LogP contribution in [0.15, 0.2) is 30.3 Å². The molecule has 17 heavy (non-hydrogen) atoms. The van der Waals surface area contributed by atoms with Crippen LogP contribution in [0.4, 0.5) is 5.82 Å². The van der Waals surface area contributed by atoms with E-state index in [0.717, 1.165) is 29.5 Å². The number of rotatable bonds is 4. The maximum Gasteiger partial charge on any atom is 0.145 e. The molecule has 2 aromatic rings. The Balaban J connectivity index is 1.77. The maximum absolute atomic E-state index is 5.73. The van der Waals surface area contributed by atoms with Gasteiger partial charge in [-0.25, -0.2) is 0 Å². The number of nitrogens with one attached hydrogen (secondary N) is 1. The molecule has 0 amide bonds. The van der Waals surface area contributed by atoms with Gasteiger partial charge in [0.1, 0.15) is 11.6 Å². The Kier molecular flexibility index (Phi) is 2.48. The third kappa shape index (κ3) is 2.41. The van der Waals surface area contributed by atoms with E-state index in [2.05, 4.69) is 10.2 Å². The fourth-order valence-corrected chi connectivity index (χ4v) is 1.74. The van der Waals surface area contributed by atoms with Gasteiger partial charge in [-0.1, -0.05) is 12.1 Å². The van der Waals surface area contributed by atoms with Gasteiger partial charge < -0.3 is 10.5 Å². The highest BCUT2D eigenvalue weighted by Crippen LogP contribution is 2.30. The summed E-state index contributed by atoms with van der Waals surface area (Å²) < 4.78 is 5.73. The third-order valence-corrected chi connectivity index (χ3v) is 2.93. The molecule has 0 unspecified atom stereocenters. The zero-order valence-electron chi connectivity index (χ0n) is 9.52. The van der Waals surface area contributed by atoms with E-state index in [1.807, 2.05) is 30.3 Å². The SMILES string of the molecule is Nc1cc(-c2cccc(OCC3CC3)c2)[nH]n1. The number of nitrogen functional groups attached to an aromatic ring is 1. The van der Waals surface area contributed by atoms with Crippen molar-refractivity contribution in [2.45, 2.75) is 12.8 Å². The number of H-pyrrole nitrogens is 1. The summed E-state index contributed by atoms with van der Waals surface area (Å²) in [6, 6.07) is 9.80. The van der Waals surface area contributed by atoms with Gasteiger partial charge >= 0.3 is 0 Å². The summed E-state index contributed by atoms with van der Waals surface area (Å²) in [6.45, 7) is 0.828. The first-order valence-corrected chi connectivity index (χ1v) is 5.85. The van der Waals surface area contributed by atoms with Crippen molar-refractivity contribution in [1.82, 2.24) is 10.2 Å². The number of nitrogens with zero attached hydrogens (tertiary/aromatic N) is 1. The van der Waals surface area contributed by atoms with Crippen LogP contribution in [0, 0.1) is 5.92 Å². The van der Waals surface area contributed by atoms with Crippen LogP contribution in [0.3, 0.4) is 0 Å². The second-order valence-electron chi connectivity index (χ2n) is 4.49. The molecule has 3 rings (SSSR count). The zero-order valence-corrected chi connectivity index (χ0v) is 9.52. The fourth-order valence-electron chi connectivity index (χ4n) is 1.74. The molecule has 1 aromatic carbocycles. The largest absolute Gasteiger partial charge is 0.493 e.